The van der Waals surface area contributed by atoms with E-state index in [1.807, 2.05) is 26.0 Å². The molecular weight excluding hydrogens is 229 g/mol. The van der Waals surface area contributed by atoms with Gasteiger partial charge in [-0.15, -0.1) is 0 Å². The van der Waals surface area contributed by atoms with Crippen LogP contribution in [-0.4, -0.2) is 19.3 Å². The molecule has 1 aromatic rings. The van der Waals surface area contributed by atoms with Crippen molar-refractivity contribution in [3.05, 3.63) is 34.6 Å². The van der Waals surface area contributed by atoms with Gasteiger partial charge >= 0.3 is 0 Å². The Balaban J connectivity index is 1.82. The van der Waals surface area contributed by atoms with Crippen molar-refractivity contribution >= 4 is 0 Å². The topological polar surface area (TPSA) is 21.3 Å². The number of nitrogens with one attached hydrogen (secondary N) is 1. The molecule has 2 rings (SSSR count). The van der Waals surface area contributed by atoms with E-state index in [1.54, 1.807) is 0 Å². The molecule has 18 heavy (non-hydrogen) atoms. The molecule has 3 heteroatoms. The Labute approximate surface area is 109 Å². The van der Waals surface area contributed by atoms with Crippen LogP contribution in [0.3, 0.4) is 0 Å². The molecule has 1 aliphatic heterocycles. The summed E-state index contributed by atoms with van der Waals surface area (Å²) in [6.07, 6.45) is 3.95. The summed E-state index contributed by atoms with van der Waals surface area (Å²) in [7, 11) is 0. The second-order valence-electron chi connectivity index (χ2n) is 5.16. The Kier molecular flexibility index (Phi) is 4.72. The first-order valence-electron chi connectivity index (χ1n) is 6.75. The number of aryl methyl sites for hydroxylation is 2. The van der Waals surface area contributed by atoms with E-state index in [1.165, 1.54) is 12.8 Å². The lowest BCUT2D eigenvalue weighted by Gasteiger charge is -2.22. The van der Waals surface area contributed by atoms with Gasteiger partial charge in [0, 0.05) is 19.7 Å². The van der Waals surface area contributed by atoms with Gasteiger partial charge in [0.15, 0.2) is 0 Å². The quantitative estimate of drug-likeness (QED) is 0.888. The van der Waals surface area contributed by atoms with Crippen LogP contribution in [0.1, 0.15) is 36.0 Å². The van der Waals surface area contributed by atoms with Crippen LogP contribution in [-0.2, 0) is 11.3 Å². The molecule has 1 heterocycles. The van der Waals surface area contributed by atoms with E-state index in [4.69, 9.17) is 4.74 Å². The fraction of sp³-hybridized carbons (Fsp3) is 0.600. The van der Waals surface area contributed by atoms with Gasteiger partial charge in [-0.25, -0.2) is 4.39 Å². The van der Waals surface area contributed by atoms with Gasteiger partial charge in [-0.2, -0.15) is 0 Å². The monoisotopic (exact) mass is 251 g/mol. The van der Waals surface area contributed by atoms with Gasteiger partial charge in [0.1, 0.15) is 5.82 Å². The molecule has 0 aromatic heterocycles. The predicted octanol–water partition coefficient (Wildman–Crippen LogP) is 3.10. The average Bonchev–Trinajstić information content (AvgIpc) is 2.37. The number of benzene rings is 1. The largest absolute Gasteiger partial charge is 0.377 e. The number of halogens is 1. The lowest BCUT2D eigenvalue weighted by Crippen LogP contribution is -2.31. The van der Waals surface area contributed by atoms with Crippen molar-refractivity contribution < 1.29 is 9.13 Å². The van der Waals surface area contributed by atoms with Crippen molar-refractivity contribution in [3.63, 3.8) is 0 Å². The van der Waals surface area contributed by atoms with E-state index in [2.05, 4.69) is 5.32 Å². The predicted molar refractivity (Wildman–Crippen MR) is 71.2 cm³/mol. The number of rotatable bonds is 4. The Hall–Kier alpha value is -0.930. The highest BCUT2D eigenvalue weighted by atomic mass is 19.1. The van der Waals surface area contributed by atoms with Gasteiger partial charge in [0.25, 0.3) is 0 Å². The molecule has 0 amide bonds. The van der Waals surface area contributed by atoms with Crippen LogP contribution in [0.5, 0.6) is 0 Å². The summed E-state index contributed by atoms with van der Waals surface area (Å²) in [5.41, 5.74) is 2.59. The Bertz CT molecular complexity index is 376. The van der Waals surface area contributed by atoms with Crippen LogP contribution in [0.25, 0.3) is 0 Å². The summed E-state index contributed by atoms with van der Waals surface area (Å²) in [5, 5.41) is 3.40. The molecule has 1 aromatic carbocycles. The van der Waals surface area contributed by atoms with Crippen molar-refractivity contribution in [3.8, 4) is 0 Å². The molecule has 1 saturated heterocycles. The summed E-state index contributed by atoms with van der Waals surface area (Å²) in [4.78, 5) is 0. The maximum atomic E-state index is 13.5. The van der Waals surface area contributed by atoms with Gasteiger partial charge in [-0.1, -0.05) is 12.1 Å². The van der Waals surface area contributed by atoms with E-state index >= 15 is 0 Å². The van der Waals surface area contributed by atoms with Crippen molar-refractivity contribution in [1.82, 2.24) is 5.32 Å². The van der Waals surface area contributed by atoms with Crippen LogP contribution in [0.2, 0.25) is 0 Å². The van der Waals surface area contributed by atoms with Gasteiger partial charge in [-0.3, -0.25) is 0 Å². The van der Waals surface area contributed by atoms with Crippen LogP contribution in [0.4, 0.5) is 4.39 Å². The van der Waals surface area contributed by atoms with E-state index < -0.39 is 0 Å². The zero-order chi connectivity index (χ0) is 13.0. The maximum Gasteiger partial charge on any atom is 0.129 e. The smallest absolute Gasteiger partial charge is 0.129 e. The average molecular weight is 251 g/mol. The third-order valence-corrected chi connectivity index (χ3v) is 3.47. The molecule has 1 N–H and O–H groups in total. The van der Waals surface area contributed by atoms with Gasteiger partial charge in [0.05, 0.1) is 6.10 Å². The summed E-state index contributed by atoms with van der Waals surface area (Å²) < 4.78 is 19.1. The molecule has 1 atom stereocenters. The van der Waals surface area contributed by atoms with Crippen LogP contribution in [0.15, 0.2) is 12.1 Å². The summed E-state index contributed by atoms with van der Waals surface area (Å²) in [5.74, 6) is -0.0886. The highest BCUT2D eigenvalue weighted by molar-refractivity contribution is 5.30. The first kappa shape index (κ1) is 13.5. The fourth-order valence-electron chi connectivity index (χ4n) is 2.48. The van der Waals surface area contributed by atoms with Crippen LogP contribution >= 0.6 is 0 Å². The summed E-state index contributed by atoms with van der Waals surface area (Å²) in [6, 6.07) is 3.83. The standard InChI is InChI=1S/C15H22FNO/c1-11-7-13(8-12(2)15(11)16)9-17-10-14-5-3-4-6-18-14/h7-8,14,17H,3-6,9-10H2,1-2H3. The Morgan fingerprint density at radius 3 is 2.61 bits per heavy atom. The van der Waals surface area contributed by atoms with Crippen molar-refractivity contribution in [1.29, 1.82) is 0 Å². The molecule has 100 valence electrons. The normalized spacial score (nSPS) is 20.1. The van der Waals surface area contributed by atoms with Gasteiger partial charge < -0.3 is 10.1 Å². The highest BCUT2D eigenvalue weighted by Crippen LogP contribution is 2.15. The molecule has 0 saturated carbocycles. The molecule has 2 nitrogen and oxygen atoms in total. The zero-order valence-electron chi connectivity index (χ0n) is 11.3. The minimum atomic E-state index is -0.0886. The molecule has 1 fully saturated rings. The fourth-order valence-corrected chi connectivity index (χ4v) is 2.48. The third kappa shape index (κ3) is 3.53. The number of hydrogen-bond donors (Lipinski definition) is 1. The van der Waals surface area contributed by atoms with Crippen molar-refractivity contribution in [2.24, 2.45) is 0 Å². The zero-order valence-corrected chi connectivity index (χ0v) is 11.3. The molecule has 0 bridgehead atoms. The molecular formula is C15H22FNO. The SMILES string of the molecule is Cc1cc(CNCC2CCCCO2)cc(C)c1F. The first-order valence-corrected chi connectivity index (χ1v) is 6.75. The lowest BCUT2D eigenvalue weighted by atomic mass is 10.1. The Morgan fingerprint density at radius 2 is 2.00 bits per heavy atom. The first-order chi connectivity index (χ1) is 8.66. The minimum absolute atomic E-state index is 0.0886. The lowest BCUT2D eigenvalue weighted by molar-refractivity contribution is 0.0168. The van der Waals surface area contributed by atoms with E-state index in [0.29, 0.717) is 6.10 Å². The number of hydrogen-bond acceptors (Lipinski definition) is 2. The summed E-state index contributed by atoms with van der Waals surface area (Å²) in [6.45, 7) is 6.19. The molecule has 0 aliphatic carbocycles. The van der Waals surface area contributed by atoms with Crippen LogP contribution < -0.4 is 5.32 Å². The Morgan fingerprint density at radius 1 is 1.28 bits per heavy atom. The van der Waals surface area contributed by atoms with Crippen molar-refractivity contribution in [2.45, 2.75) is 45.8 Å². The molecule has 1 unspecified atom stereocenters. The van der Waals surface area contributed by atoms with E-state index in [9.17, 15) is 4.39 Å². The second kappa shape index (κ2) is 6.30. The minimum Gasteiger partial charge on any atom is -0.377 e. The maximum absolute atomic E-state index is 13.5. The molecule has 1 aliphatic rings. The van der Waals surface area contributed by atoms with Crippen molar-refractivity contribution in [2.75, 3.05) is 13.2 Å². The molecule has 0 radical (unpaired) electrons. The van der Waals surface area contributed by atoms with E-state index in [0.717, 1.165) is 42.8 Å². The summed E-state index contributed by atoms with van der Waals surface area (Å²) >= 11 is 0. The van der Waals surface area contributed by atoms with Crippen LogP contribution in [0, 0.1) is 19.7 Å². The van der Waals surface area contributed by atoms with Gasteiger partial charge in [0.2, 0.25) is 0 Å². The highest BCUT2D eigenvalue weighted by Gasteiger charge is 2.13. The molecule has 0 spiro atoms. The second-order valence-corrected chi connectivity index (χ2v) is 5.16. The number of ether oxygens (including phenoxy) is 1. The third-order valence-electron chi connectivity index (χ3n) is 3.47. The van der Waals surface area contributed by atoms with E-state index in [-0.39, 0.29) is 5.82 Å². The van der Waals surface area contributed by atoms with Gasteiger partial charge in [-0.05, 0) is 49.8 Å².